The third kappa shape index (κ3) is 6.15. The molecule has 5 rings (SSSR count). The van der Waals surface area contributed by atoms with E-state index in [1.165, 1.54) is 32.1 Å². The Labute approximate surface area is 212 Å². The maximum atomic E-state index is 11.8. The average molecular weight is 502 g/mol. The summed E-state index contributed by atoms with van der Waals surface area (Å²) in [5, 5.41) is 4.33. The maximum Gasteiger partial charge on any atom is 0.229 e. The molecule has 1 saturated carbocycles. The van der Waals surface area contributed by atoms with Crippen molar-refractivity contribution in [2.24, 2.45) is 5.92 Å². The van der Waals surface area contributed by atoms with Crippen molar-refractivity contribution in [1.29, 1.82) is 0 Å². The fraction of sp³-hybridized carbons (Fsp3) is 0.276. The molecule has 0 spiro atoms. The van der Waals surface area contributed by atoms with Gasteiger partial charge in [0, 0.05) is 22.3 Å². The molecule has 1 aliphatic carbocycles. The van der Waals surface area contributed by atoms with E-state index in [0.717, 1.165) is 52.1 Å². The summed E-state index contributed by atoms with van der Waals surface area (Å²) in [5.74, 6) is 1.53. The summed E-state index contributed by atoms with van der Waals surface area (Å²) in [6.07, 6.45) is 7.62. The summed E-state index contributed by atoms with van der Waals surface area (Å²) in [5.41, 5.74) is 4.85. The maximum absolute atomic E-state index is 11.8. The van der Waals surface area contributed by atoms with Crippen LogP contribution in [-0.4, -0.2) is 26.3 Å². The first-order chi connectivity index (χ1) is 17.4. The highest BCUT2D eigenvalue weighted by Crippen LogP contribution is 2.33. The van der Waals surface area contributed by atoms with E-state index in [9.17, 15) is 8.42 Å². The summed E-state index contributed by atoms with van der Waals surface area (Å²) in [6, 6.07) is 25.3. The van der Waals surface area contributed by atoms with E-state index >= 15 is 0 Å². The van der Waals surface area contributed by atoms with E-state index in [-0.39, 0.29) is 0 Å². The van der Waals surface area contributed by atoms with Crippen LogP contribution in [0.2, 0.25) is 0 Å². The molecule has 6 nitrogen and oxygen atoms in total. The second-order valence-electron chi connectivity index (χ2n) is 9.49. The van der Waals surface area contributed by atoms with Crippen molar-refractivity contribution >= 4 is 38.0 Å². The number of sulfonamides is 1. The molecule has 1 aromatic heterocycles. The second kappa shape index (κ2) is 10.6. The van der Waals surface area contributed by atoms with Gasteiger partial charge in [-0.3, -0.25) is 4.72 Å². The molecule has 0 amide bonds. The average Bonchev–Trinajstić information content (AvgIpc) is 2.88. The number of fused-ring (bicyclic) bond motifs is 1. The smallest absolute Gasteiger partial charge is 0.229 e. The molecule has 0 bridgehead atoms. The highest BCUT2D eigenvalue weighted by Gasteiger charge is 2.14. The van der Waals surface area contributed by atoms with E-state index in [1.807, 2.05) is 72.8 Å². The van der Waals surface area contributed by atoms with Gasteiger partial charge < -0.3 is 10.1 Å². The fourth-order valence-electron chi connectivity index (χ4n) is 4.72. The van der Waals surface area contributed by atoms with Crippen LogP contribution in [-0.2, 0) is 10.0 Å². The molecule has 0 atom stereocenters. The van der Waals surface area contributed by atoms with Crippen molar-refractivity contribution in [3.05, 3.63) is 78.9 Å². The van der Waals surface area contributed by atoms with Gasteiger partial charge in [0.25, 0.3) is 0 Å². The first-order valence-corrected chi connectivity index (χ1v) is 14.3. The van der Waals surface area contributed by atoms with Gasteiger partial charge in [-0.2, -0.15) is 0 Å². The predicted molar refractivity (Wildman–Crippen MR) is 147 cm³/mol. The molecule has 4 aromatic rings. The normalized spacial score (nSPS) is 14.5. The zero-order chi connectivity index (χ0) is 25.0. The third-order valence-electron chi connectivity index (χ3n) is 6.53. The lowest BCUT2D eigenvalue weighted by atomic mass is 9.90. The number of anilines is 3. The monoisotopic (exact) mass is 501 g/mol. The Bertz CT molecular complexity index is 1430. The summed E-state index contributed by atoms with van der Waals surface area (Å²) >= 11 is 0. The molecule has 0 saturated heterocycles. The minimum Gasteiger partial charge on any atom is -0.493 e. The molecule has 0 aliphatic heterocycles. The number of benzene rings is 3. The fourth-order valence-corrected chi connectivity index (χ4v) is 5.28. The Kier molecular flexibility index (Phi) is 7.09. The largest absolute Gasteiger partial charge is 0.493 e. The quantitative estimate of drug-likeness (QED) is 0.272. The molecular formula is C29H31N3O3S. The molecule has 1 fully saturated rings. The third-order valence-corrected chi connectivity index (χ3v) is 7.13. The van der Waals surface area contributed by atoms with Gasteiger partial charge >= 0.3 is 0 Å². The number of rotatable bonds is 8. The Morgan fingerprint density at radius 2 is 1.61 bits per heavy atom. The lowest BCUT2D eigenvalue weighted by molar-refractivity contribution is 0.209. The Balaban J connectivity index is 1.43. The Morgan fingerprint density at radius 1 is 0.889 bits per heavy atom. The minimum absolute atomic E-state index is 0.494. The van der Waals surface area contributed by atoms with Gasteiger partial charge in [0.15, 0.2) is 0 Å². The molecule has 1 heterocycles. The van der Waals surface area contributed by atoms with Gasteiger partial charge in [0.05, 0.1) is 29.8 Å². The van der Waals surface area contributed by atoms with Crippen LogP contribution < -0.4 is 14.8 Å². The van der Waals surface area contributed by atoms with E-state index in [0.29, 0.717) is 11.6 Å². The van der Waals surface area contributed by atoms with Gasteiger partial charge in [-0.25, -0.2) is 13.4 Å². The first kappa shape index (κ1) is 24.1. The number of ether oxygens (including phenoxy) is 1. The zero-order valence-corrected chi connectivity index (χ0v) is 21.2. The van der Waals surface area contributed by atoms with Gasteiger partial charge in [-0.05, 0) is 67.3 Å². The van der Waals surface area contributed by atoms with Gasteiger partial charge in [-0.1, -0.05) is 49.6 Å². The molecule has 186 valence electrons. The van der Waals surface area contributed by atoms with Crippen LogP contribution in [0.4, 0.5) is 17.1 Å². The van der Waals surface area contributed by atoms with Crippen LogP contribution >= 0.6 is 0 Å². The first-order valence-electron chi connectivity index (χ1n) is 12.4. The molecule has 1 aliphatic rings. The topological polar surface area (TPSA) is 80.3 Å². The summed E-state index contributed by atoms with van der Waals surface area (Å²) in [7, 11) is -3.39. The van der Waals surface area contributed by atoms with Crippen molar-refractivity contribution in [3.8, 4) is 17.0 Å². The summed E-state index contributed by atoms with van der Waals surface area (Å²) in [4.78, 5) is 4.83. The zero-order valence-electron chi connectivity index (χ0n) is 20.4. The van der Waals surface area contributed by atoms with E-state index in [1.54, 1.807) is 6.07 Å². The predicted octanol–water partition coefficient (Wildman–Crippen LogP) is 6.98. The number of nitrogens with one attached hydrogen (secondary N) is 2. The van der Waals surface area contributed by atoms with Gasteiger partial charge in [0.2, 0.25) is 10.0 Å². The van der Waals surface area contributed by atoms with Crippen molar-refractivity contribution in [3.63, 3.8) is 0 Å². The van der Waals surface area contributed by atoms with Crippen LogP contribution in [0.15, 0.2) is 78.9 Å². The SMILES string of the molecule is CS(=O)(=O)Nc1ccc2nc(-c3ccccc3)cc(Nc3ccc(OCC4CCCCC4)cc3)c2c1. The summed E-state index contributed by atoms with van der Waals surface area (Å²) in [6.45, 7) is 0.776. The van der Waals surface area contributed by atoms with Gasteiger partial charge in [0.1, 0.15) is 5.75 Å². The van der Waals surface area contributed by atoms with Crippen molar-refractivity contribution in [2.75, 3.05) is 22.9 Å². The number of aromatic nitrogens is 1. The number of hydrogen-bond acceptors (Lipinski definition) is 5. The van der Waals surface area contributed by atoms with Crippen LogP contribution in [0.3, 0.4) is 0 Å². The highest BCUT2D eigenvalue weighted by atomic mass is 32.2. The molecule has 0 radical (unpaired) electrons. The van der Waals surface area contributed by atoms with Crippen molar-refractivity contribution in [1.82, 2.24) is 4.98 Å². The van der Waals surface area contributed by atoms with Crippen LogP contribution in [0.25, 0.3) is 22.2 Å². The second-order valence-corrected chi connectivity index (χ2v) is 11.2. The standard InChI is InChI=1S/C29H31N3O3S/c1-36(33,34)32-24-14-17-27-26(18-24)29(19-28(31-27)22-10-6-3-7-11-22)30-23-12-15-25(16-13-23)35-20-21-8-4-2-5-9-21/h3,6-7,10-19,21,32H,2,4-5,8-9,20H2,1H3,(H,30,31). The van der Waals surface area contributed by atoms with Crippen molar-refractivity contribution in [2.45, 2.75) is 32.1 Å². The highest BCUT2D eigenvalue weighted by molar-refractivity contribution is 7.92. The molecule has 0 unspecified atom stereocenters. The minimum atomic E-state index is -3.39. The molecular weight excluding hydrogens is 470 g/mol. The van der Waals surface area contributed by atoms with E-state index < -0.39 is 10.0 Å². The number of pyridine rings is 1. The molecule has 3 aromatic carbocycles. The van der Waals surface area contributed by atoms with Crippen molar-refractivity contribution < 1.29 is 13.2 Å². The van der Waals surface area contributed by atoms with E-state index in [4.69, 9.17) is 9.72 Å². The van der Waals surface area contributed by atoms with Crippen LogP contribution in [0.1, 0.15) is 32.1 Å². The molecule has 36 heavy (non-hydrogen) atoms. The van der Waals surface area contributed by atoms with E-state index in [2.05, 4.69) is 10.0 Å². The van der Waals surface area contributed by atoms with Crippen LogP contribution in [0, 0.1) is 5.92 Å². The summed E-state index contributed by atoms with van der Waals surface area (Å²) < 4.78 is 32.2. The Hall–Kier alpha value is -3.58. The Morgan fingerprint density at radius 3 is 2.33 bits per heavy atom. The molecule has 2 N–H and O–H groups in total. The lowest BCUT2D eigenvalue weighted by Crippen LogP contribution is -2.15. The lowest BCUT2D eigenvalue weighted by Gasteiger charge is -2.21. The van der Waals surface area contributed by atoms with Gasteiger partial charge in [-0.15, -0.1) is 0 Å². The number of nitrogens with zero attached hydrogens (tertiary/aromatic N) is 1. The molecule has 7 heteroatoms. The van der Waals surface area contributed by atoms with Crippen LogP contribution in [0.5, 0.6) is 5.75 Å². The number of hydrogen-bond donors (Lipinski definition) is 2.